The molecule has 0 spiro atoms. The highest BCUT2D eigenvalue weighted by atomic mass is 16.1. The van der Waals surface area contributed by atoms with Gasteiger partial charge in [-0.25, -0.2) is 0 Å². The molecule has 1 radical (unpaired) electrons. The van der Waals surface area contributed by atoms with Gasteiger partial charge in [-0.3, -0.25) is 9.89 Å². The van der Waals surface area contributed by atoms with Gasteiger partial charge in [0.25, 0.3) is 0 Å². The molecule has 1 atom stereocenters. The zero-order valence-electron chi connectivity index (χ0n) is 9.05. The van der Waals surface area contributed by atoms with Crippen molar-refractivity contribution in [3.8, 4) is 11.4 Å². The predicted octanol–water partition coefficient (Wildman–Crippen LogP) is 0.0334. The van der Waals surface area contributed by atoms with Crippen molar-refractivity contribution >= 4 is 12.2 Å². The van der Waals surface area contributed by atoms with E-state index in [-0.39, 0.29) is 5.95 Å². The van der Waals surface area contributed by atoms with Crippen LogP contribution in [0, 0.1) is 0 Å². The largest absolute Gasteiger partial charge is 0.366 e. The Morgan fingerprint density at radius 3 is 2.59 bits per heavy atom. The lowest BCUT2D eigenvalue weighted by atomic mass is 10.1. The van der Waals surface area contributed by atoms with Gasteiger partial charge in [0.1, 0.15) is 0 Å². The van der Waals surface area contributed by atoms with Gasteiger partial charge in [-0.2, -0.15) is 4.98 Å². The van der Waals surface area contributed by atoms with Gasteiger partial charge >= 0.3 is 0 Å². The van der Waals surface area contributed by atoms with Crippen molar-refractivity contribution in [3.63, 3.8) is 0 Å². The SMILES string of the molecule is Nc1n[nH]c(-c2ccc(C[C@@H](N)[C]=O)cc2)n1. The van der Waals surface area contributed by atoms with E-state index in [0.29, 0.717) is 12.2 Å². The van der Waals surface area contributed by atoms with Crippen LogP contribution in [-0.2, 0) is 11.2 Å². The number of H-pyrrole nitrogens is 1. The number of benzene rings is 1. The second-order valence-corrected chi connectivity index (χ2v) is 3.67. The first-order valence-electron chi connectivity index (χ1n) is 5.09. The molecule has 0 unspecified atom stereocenters. The zero-order chi connectivity index (χ0) is 12.3. The Morgan fingerprint density at radius 1 is 1.35 bits per heavy atom. The van der Waals surface area contributed by atoms with Gasteiger partial charge in [0.15, 0.2) is 5.82 Å². The van der Waals surface area contributed by atoms with Gasteiger partial charge in [-0.05, 0) is 12.0 Å². The fourth-order valence-corrected chi connectivity index (χ4v) is 1.50. The highest BCUT2D eigenvalue weighted by Crippen LogP contribution is 2.16. The van der Waals surface area contributed by atoms with E-state index in [1.165, 1.54) is 0 Å². The lowest BCUT2D eigenvalue weighted by molar-refractivity contribution is 0.541. The number of nitrogens with one attached hydrogen (secondary N) is 1. The van der Waals surface area contributed by atoms with Crippen LogP contribution >= 0.6 is 0 Å². The number of carbonyl (C=O) groups excluding carboxylic acids is 1. The minimum Gasteiger partial charge on any atom is -0.366 e. The van der Waals surface area contributed by atoms with Crippen LogP contribution in [-0.4, -0.2) is 27.5 Å². The molecule has 6 heteroatoms. The van der Waals surface area contributed by atoms with Crippen LogP contribution in [0.25, 0.3) is 11.4 Å². The molecule has 5 N–H and O–H groups in total. The number of anilines is 1. The van der Waals surface area contributed by atoms with Gasteiger partial charge < -0.3 is 11.5 Å². The van der Waals surface area contributed by atoms with E-state index in [1.54, 1.807) is 6.29 Å². The van der Waals surface area contributed by atoms with Gasteiger partial charge in [0, 0.05) is 5.56 Å². The third-order valence-electron chi connectivity index (χ3n) is 2.34. The van der Waals surface area contributed by atoms with Crippen LogP contribution in [0.3, 0.4) is 0 Å². The molecule has 2 aromatic rings. The van der Waals surface area contributed by atoms with E-state index >= 15 is 0 Å². The summed E-state index contributed by atoms with van der Waals surface area (Å²) in [6.07, 6.45) is 2.22. The maximum absolute atomic E-state index is 10.3. The molecule has 0 aliphatic heterocycles. The van der Waals surface area contributed by atoms with Gasteiger partial charge in [0.2, 0.25) is 12.2 Å². The Kier molecular flexibility index (Phi) is 3.15. The first-order valence-corrected chi connectivity index (χ1v) is 5.09. The van der Waals surface area contributed by atoms with Crippen molar-refractivity contribution < 1.29 is 4.79 Å². The quantitative estimate of drug-likeness (QED) is 0.686. The molecule has 17 heavy (non-hydrogen) atoms. The molecular weight excluding hydrogens is 218 g/mol. The summed E-state index contributed by atoms with van der Waals surface area (Å²) in [5.74, 6) is 0.821. The van der Waals surface area contributed by atoms with E-state index in [0.717, 1.165) is 11.1 Å². The van der Waals surface area contributed by atoms with Crippen LogP contribution < -0.4 is 11.5 Å². The lowest BCUT2D eigenvalue weighted by Crippen LogP contribution is -2.23. The number of nitrogens with zero attached hydrogens (tertiary/aromatic N) is 2. The molecule has 0 bridgehead atoms. The summed E-state index contributed by atoms with van der Waals surface area (Å²) in [5, 5.41) is 6.47. The zero-order valence-corrected chi connectivity index (χ0v) is 9.05. The Labute approximate surface area is 98.0 Å². The normalized spacial score (nSPS) is 12.3. The summed E-state index contributed by atoms with van der Waals surface area (Å²) >= 11 is 0. The van der Waals surface area contributed by atoms with Crippen molar-refractivity contribution in [1.82, 2.24) is 15.2 Å². The molecule has 0 aliphatic carbocycles. The number of aromatic nitrogens is 3. The summed E-state index contributed by atoms with van der Waals surface area (Å²) in [6, 6.07) is 6.91. The maximum Gasteiger partial charge on any atom is 0.239 e. The Bertz CT molecular complexity index is 505. The summed E-state index contributed by atoms with van der Waals surface area (Å²) in [4.78, 5) is 14.3. The van der Waals surface area contributed by atoms with Crippen molar-refractivity contribution in [2.75, 3.05) is 5.73 Å². The van der Waals surface area contributed by atoms with Crippen molar-refractivity contribution in [3.05, 3.63) is 29.8 Å². The number of rotatable bonds is 4. The number of hydrogen-bond acceptors (Lipinski definition) is 5. The number of hydrogen-bond donors (Lipinski definition) is 3. The molecule has 0 aliphatic rings. The number of aromatic amines is 1. The minimum atomic E-state index is -0.582. The van der Waals surface area contributed by atoms with Crippen molar-refractivity contribution in [2.24, 2.45) is 5.73 Å². The van der Waals surface area contributed by atoms with Crippen LogP contribution in [0.5, 0.6) is 0 Å². The fourth-order valence-electron chi connectivity index (χ4n) is 1.50. The Hall–Kier alpha value is -2.21. The van der Waals surface area contributed by atoms with Crippen LogP contribution in [0.15, 0.2) is 24.3 Å². The third-order valence-corrected chi connectivity index (χ3v) is 2.34. The molecule has 0 saturated carbocycles. The molecule has 1 aromatic heterocycles. The van der Waals surface area contributed by atoms with Crippen molar-refractivity contribution in [2.45, 2.75) is 12.5 Å². The average Bonchev–Trinajstić information content (AvgIpc) is 2.77. The number of nitrogen functional groups attached to an aromatic ring is 1. The first-order chi connectivity index (χ1) is 8.19. The van der Waals surface area contributed by atoms with E-state index in [2.05, 4.69) is 15.2 Å². The summed E-state index contributed by atoms with van der Waals surface area (Å²) in [6.45, 7) is 0. The topological polar surface area (TPSA) is 111 Å². The van der Waals surface area contributed by atoms with E-state index in [4.69, 9.17) is 11.5 Å². The standard InChI is InChI=1S/C11H12N5O/c12-9(6-17)5-7-1-3-8(4-2-7)10-14-11(13)16-15-10/h1-4,9H,5,12H2,(H3,13,14,15,16)/t9-/m1/s1. The second-order valence-electron chi connectivity index (χ2n) is 3.67. The molecule has 0 amide bonds. The van der Waals surface area contributed by atoms with E-state index < -0.39 is 6.04 Å². The molecule has 1 aromatic carbocycles. The van der Waals surface area contributed by atoms with Gasteiger partial charge in [-0.15, -0.1) is 5.10 Å². The summed E-state index contributed by atoms with van der Waals surface area (Å²) in [5.41, 5.74) is 12.8. The first kappa shape index (κ1) is 11.3. The van der Waals surface area contributed by atoms with E-state index in [9.17, 15) is 4.79 Å². The highest BCUT2D eigenvalue weighted by Gasteiger charge is 2.05. The molecular formula is C11H12N5O. The average molecular weight is 230 g/mol. The number of nitrogens with two attached hydrogens (primary N) is 2. The monoisotopic (exact) mass is 230 g/mol. The molecule has 2 rings (SSSR count). The van der Waals surface area contributed by atoms with Crippen LogP contribution in [0.2, 0.25) is 0 Å². The summed E-state index contributed by atoms with van der Waals surface area (Å²) < 4.78 is 0. The Balaban J connectivity index is 2.15. The van der Waals surface area contributed by atoms with E-state index in [1.807, 2.05) is 24.3 Å². The smallest absolute Gasteiger partial charge is 0.239 e. The van der Waals surface area contributed by atoms with Crippen LogP contribution in [0.1, 0.15) is 5.56 Å². The lowest BCUT2D eigenvalue weighted by Gasteiger charge is -2.03. The second kappa shape index (κ2) is 4.75. The molecule has 6 nitrogen and oxygen atoms in total. The van der Waals surface area contributed by atoms with Crippen LogP contribution in [0.4, 0.5) is 5.95 Å². The highest BCUT2D eigenvalue weighted by molar-refractivity contribution is 5.60. The van der Waals surface area contributed by atoms with Crippen molar-refractivity contribution in [1.29, 1.82) is 0 Å². The molecule has 1 heterocycles. The molecule has 87 valence electrons. The van der Waals surface area contributed by atoms with Gasteiger partial charge in [0.05, 0.1) is 6.04 Å². The fraction of sp³-hybridized carbons (Fsp3) is 0.182. The maximum atomic E-state index is 10.3. The molecule has 0 saturated heterocycles. The summed E-state index contributed by atoms with van der Waals surface area (Å²) in [7, 11) is 0. The minimum absolute atomic E-state index is 0.210. The Morgan fingerprint density at radius 2 is 2.06 bits per heavy atom. The predicted molar refractivity (Wildman–Crippen MR) is 63.6 cm³/mol. The third kappa shape index (κ3) is 2.67. The molecule has 0 fully saturated rings. The van der Waals surface area contributed by atoms with Gasteiger partial charge in [-0.1, -0.05) is 24.3 Å².